The Morgan fingerprint density at radius 3 is 1.93 bits per heavy atom. The van der Waals surface area contributed by atoms with Crippen molar-refractivity contribution in [1.29, 1.82) is 0 Å². The lowest BCUT2D eigenvalue weighted by Gasteiger charge is -2.41. The number of unbranched alkanes of at least 4 members (excludes halogenated alkanes) is 3. The summed E-state index contributed by atoms with van der Waals surface area (Å²) in [6.07, 6.45) is -16.4. The van der Waals surface area contributed by atoms with Crippen LogP contribution in [0.4, 0.5) is 18.0 Å². The van der Waals surface area contributed by atoms with Gasteiger partial charge in [-0.3, -0.25) is 14.4 Å². The molecule has 5 heterocycles. The Morgan fingerprint density at radius 2 is 1.34 bits per heavy atom. The molecule has 30 heteroatoms. The van der Waals surface area contributed by atoms with Gasteiger partial charge in [-0.1, -0.05) is 18.9 Å². The Hall–Kier alpha value is -4.12. The van der Waals surface area contributed by atoms with Gasteiger partial charge in [-0.05, 0) is 37.8 Å². The first kappa shape index (κ1) is 61.1. The first-order valence-corrected chi connectivity index (χ1v) is 26.2. The number of nitrogens with one attached hydrogen (secondary N) is 5. The molecule has 0 aliphatic carbocycles. The first-order chi connectivity index (χ1) is 36.4. The van der Waals surface area contributed by atoms with E-state index >= 15 is 0 Å². The van der Waals surface area contributed by atoms with E-state index in [1.165, 1.54) is 0 Å². The van der Waals surface area contributed by atoms with E-state index in [9.17, 15) is 73.2 Å². The average molecular weight is 1110 g/mol. The highest BCUT2D eigenvalue weighted by molar-refractivity contribution is 8.00. The Balaban J connectivity index is 0.905. The lowest BCUT2D eigenvalue weighted by molar-refractivity contribution is -0.299. The minimum absolute atomic E-state index is 0.00397. The predicted octanol–water partition coefficient (Wildman–Crippen LogP) is -2.47. The summed E-state index contributed by atoms with van der Waals surface area (Å²) < 4.78 is 80.7. The number of hydrogen-bond acceptors (Lipinski definition) is 22. The SMILES string of the molecule is O=C(CCCCC1SCC2NC(=O)NC21)NCCCCCC(=O)NCCOCCOCCOc1cc(C2(C(F)(F)F)N=N2)ccc1C(=O)NC(CO[C@H]1[C@H](O)[C@H](O)[C@H](O)O[C@@H]1CO)CO[C@H]1[C@H](O)[C@H](O)[C@H](O)O[C@@H]1CO. The highest BCUT2D eigenvalue weighted by Gasteiger charge is 2.65. The Morgan fingerprint density at radius 1 is 0.763 bits per heavy atom. The number of fused-ring (bicyclic) bond motifs is 1. The Labute approximate surface area is 439 Å². The molecule has 0 spiro atoms. The van der Waals surface area contributed by atoms with Gasteiger partial charge in [0, 0.05) is 42.5 Å². The molecule has 1 aromatic carbocycles. The maximum absolute atomic E-state index is 14.1. The summed E-state index contributed by atoms with van der Waals surface area (Å²) in [5, 5.41) is 102. The normalized spacial score (nSPS) is 29.6. The molecule has 5 aliphatic heterocycles. The number of amides is 5. The molecule has 76 heavy (non-hydrogen) atoms. The van der Waals surface area contributed by atoms with Gasteiger partial charge in [-0.25, -0.2) is 4.79 Å². The van der Waals surface area contributed by atoms with Gasteiger partial charge in [-0.2, -0.15) is 24.9 Å². The fraction of sp³-hybridized carbons (Fsp3) is 0.783. The highest BCUT2D eigenvalue weighted by atomic mass is 32.2. The van der Waals surface area contributed by atoms with Gasteiger partial charge in [-0.15, -0.1) is 10.2 Å². The molecule has 13 atom stereocenters. The maximum Gasteiger partial charge on any atom is 0.442 e. The van der Waals surface area contributed by atoms with Crippen LogP contribution in [-0.2, 0) is 43.7 Å². The number of alkyl halides is 3. The van der Waals surface area contributed by atoms with Crippen molar-refractivity contribution in [1.82, 2.24) is 26.6 Å². The second-order valence-electron chi connectivity index (χ2n) is 18.8. The summed E-state index contributed by atoms with van der Waals surface area (Å²) in [4.78, 5) is 50.0. The third kappa shape index (κ3) is 16.7. The number of aliphatic hydroxyl groups excluding tert-OH is 8. The Kier molecular flexibility index (Phi) is 23.5. The van der Waals surface area contributed by atoms with E-state index in [1.807, 2.05) is 11.8 Å². The zero-order valence-corrected chi connectivity index (χ0v) is 42.3. The second-order valence-corrected chi connectivity index (χ2v) is 20.0. The van der Waals surface area contributed by atoms with Crippen molar-refractivity contribution in [2.45, 2.75) is 148 Å². The lowest BCUT2D eigenvalue weighted by Crippen LogP contribution is -2.61. The van der Waals surface area contributed by atoms with E-state index in [1.54, 1.807) is 0 Å². The van der Waals surface area contributed by atoms with Gasteiger partial charge in [0.25, 0.3) is 5.91 Å². The monoisotopic (exact) mass is 1110 g/mol. The molecule has 3 unspecified atom stereocenters. The molecule has 5 aliphatic rings. The number of thioether (sulfide) groups is 1. The predicted molar refractivity (Wildman–Crippen MR) is 255 cm³/mol. The molecule has 5 amide bonds. The fourth-order valence-electron chi connectivity index (χ4n) is 8.94. The van der Waals surface area contributed by atoms with Crippen LogP contribution in [-0.4, -0.2) is 234 Å². The number of carbonyl (C=O) groups excluding carboxylic acids is 4. The smallest absolute Gasteiger partial charge is 0.442 e. The van der Waals surface area contributed by atoms with E-state index in [0.29, 0.717) is 31.1 Å². The van der Waals surface area contributed by atoms with Crippen molar-refractivity contribution in [2.24, 2.45) is 10.2 Å². The molecule has 4 saturated heterocycles. The van der Waals surface area contributed by atoms with E-state index in [-0.39, 0.29) is 80.8 Å². The van der Waals surface area contributed by atoms with Crippen molar-refractivity contribution in [2.75, 3.05) is 78.3 Å². The zero-order chi connectivity index (χ0) is 55.0. The van der Waals surface area contributed by atoms with Crippen LogP contribution in [0.2, 0.25) is 0 Å². The number of aliphatic hydroxyl groups is 8. The van der Waals surface area contributed by atoms with E-state index in [4.69, 9.17) is 33.2 Å². The quantitative estimate of drug-likeness (QED) is 0.0263. The van der Waals surface area contributed by atoms with Gasteiger partial charge in [0.05, 0.1) is 76.5 Å². The van der Waals surface area contributed by atoms with Gasteiger partial charge in [0.15, 0.2) is 12.6 Å². The lowest BCUT2D eigenvalue weighted by atomic mass is 9.98. The van der Waals surface area contributed by atoms with Crippen LogP contribution in [0.1, 0.15) is 67.3 Å². The minimum Gasteiger partial charge on any atom is -0.490 e. The van der Waals surface area contributed by atoms with Crippen molar-refractivity contribution in [3.8, 4) is 5.75 Å². The molecule has 26 nitrogen and oxygen atoms in total. The summed E-state index contributed by atoms with van der Waals surface area (Å²) in [5.41, 5.74) is -3.70. The molecule has 0 aromatic heterocycles. The Bertz CT molecular complexity index is 2030. The number of hydrogen-bond donors (Lipinski definition) is 13. The standard InChI is InChI=1S/C46H70F3N7O19S/c47-46(48,49)45(55-56-45)24-9-10-26(41(65)52-25(21-72-39-29(19-57)74-42(66)37(63)35(39)61)22-73-40-30(20-58)75-43(67)38(64)36(40)62)28(18-24)71-17-16-70-15-14-69-13-12-51-33(60)7-2-1-5-11-50-32(59)8-4-3-6-31-34-27(23-76-31)53-44(68)54-34/h9-10,18,25,27,29-31,34-40,42-43,57-58,61-64,66-67H,1-8,11-17,19-23H2,(H,50,59)(H,51,60)(H,52,65)(H2,53,54,68)/t27?,29-,30-,31?,34?,35-,36-,37+,38+,39-,40-,42-,43-/m1/s1. The van der Waals surface area contributed by atoms with Crippen LogP contribution in [0.5, 0.6) is 5.75 Å². The van der Waals surface area contributed by atoms with E-state index in [0.717, 1.165) is 56.1 Å². The van der Waals surface area contributed by atoms with Gasteiger partial charge < -0.3 is 101 Å². The molecule has 1 aromatic rings. The molecule has 13 N–H and O–H groups in total. The number of rotatable bonds is 32. The third-order valence-corrected chi connectivity index (χ3v) is 14.7. The summed E-state index contributed by atoms with van der Waals surface area (Å²) in [6, 6.07) is 1.81. The summed E-state index contributed by atoms with van der Waals surface area (Å²) in [5.74, 6) is -0.612. The van der Waals surface area contributed by atoms with Gasteiger partial charge in [0.2, 0.25) is 11.8 Å². The van der Waals surface area contributed by atoms with Crippen LogP contribution in [0.25, 0.3) is 0 Å². The highest BCUT2D eigenvalue weighted by Crippen LogP contribution is 2.53. The summed E-state index contributed by atoms with van der Waals surface area (Å²) in [6.45, 7) is -2.17. The molecule has 430 valence electrons. The fourth-order valence-corrected chi connectivity index (χ4v) is 10.5. The molecule has 6 rings (SSSR count). The number of ether oxygens (including phenoxy) is 7. The summed E-state index contributed by atoms with van der Waals surface area (Å²) >= 11 is 1.85. The minimum atomic E-state index is -4.94. The van der Waals surface area contributed by atoms with Crippen LogP contribution in [0, 0.1) is 0 Å². The largest absolute Gasteiger partial charge is 0.490 e. The third-order valence-electron chi connectivity index (χ3n) is 13.2. The molecular formula is C46H70F3N7O19S. The first-order valence-electron chi connectivity index (χ1n) is 25.2. The molecular weight excluding hydrogens is 1040 g/mol. The zero-order valence-electron chi connectivity index (χ0n) is 41.5. The van der Waals surface area contributed by atoms with Crippen LogP contribution >= 0.6 is 11.8 Å². The number of urea groups is 1. The number of carbonyl (C=O) groups is 4. The van der Waals surface area contributed by atoms with E-state index in [2.05, 4.69) is 36.8 Å². The van der Waals surface area contributed by atoms with Crippen molar-refractivity contribution in [3.63, 3.8) is 0 Å². The molecule has 0 saturated carbocycles. The summed E-state index contributed by atoms with van der Waals surface area (Å²) in [7, 11) is 0. The van der Waals surface area contributed by atoms with Gasteiger partial charge in [0.1, 0.15) is 61.2 Å². The molecule has 0 bridgehead atoms. The van der Waals surface area contributed by atoms with Crippen molar-refractivity contribution < 1.29 is 106 Å². The average Bonchev–Trinajstić information content (AvgIpc) is 4.03. The number of nitrogens with zero attached hydrogens (tertiary/aromatic N) is 2. The second kappa shape index (κ2) is 29.2. The van der Waals surface area contributed by atoms with Crippen LogP contribution in [0.15, 0.2) is 28.4 Å². The molecule has 4 fully saturated rings. The van der Waals surface area contributed by atoms with Gasteiger partial charge >= 0.3 is 17.9 Å². The maximum atomic E-state index is 14.1. The van der Waals surface area contributed by atoms with Crippen LogP contribution < -0.4 is 31.3 Å². The topological polar surface area (TPSA) is 380 Å². The van der Waals surface area contributed by atoms with Crippen molar-refractivity contribution >= 4 is 35.5 Å². The molecule has 0 radical (unpaired) electrons. The van der Waals surface area contributed by atoms with Crippen LogP contribution in [0.3, 0.4) is 0 Å². The van der Waals surface area contributed by atoms with E-state index < -0.39 is 117 Å². The van der Waals surface area contributed by atoms with Crippen molar-refractivity contribution in [3.05, 3.63) is 29.3 Å². The number of halogens is 3. The number of benzene rings is 1.